The normalized spacial score (nSPS) is 34.0. The van der Waals surface area contributed by atoms with E-state index >= 15 is 0 Å². The average Bonchev–Trinajstić information content (AvgIpc) is 2.56. The zero-order valence-corrected chi connectivity index (χ0v) is 10.8. The Morgan fingerprint density at radius 1 is 1.19 bits per heavy atom. The van der Waals surface area contributed by atoms with Gasteiger partial charge < -0.3 is 9.64 Å². The lowest BCUT2D eigenvalue weighted by Crippen LogP contribution is -2.36. The molecule has 92 valence electrons. The first-order valence-corrected chi connectivity index (χ1v) is 6.33. The van der Waals surface area contributed by atoms with Gasteiger partial charge in [0.05, 0.1) is 0 Å². The van der Waals surface area contributed by atoms with Crippen molar-refractivity contribution in [2.45, 2.75) is 46.1 Å². The lowest BCUT2D eigenvalue weighted by atomic mass is 10.0. The highest BCUT2D eigenvalue weighted by molar-refractivity contribution is 5.68. The monoisotopic (exact) mass is 225 g/mol. The lowest BCUT2D eigenvalue weighted by molar-refractivity contribution is 0.0278. The molecule has 0 bridgehead atoms. The van der Waals surface area contributed by atoms with Gasteiger partial charge in [-0.25, -0.2) is 4.79 Å². The van der Waals surface area contributed by atoms with Crippen LogP contribution >= 0.6 is 0 Å². The van der Waals surface area contributed by atoms with Crippen LogP contribution in [-0.2, 0) is 4.74 Å². The third-order valence-corrected chi connectivity index (χ3v) is 3.64. The lowest BCUT2D eigenvalue weighted by Gasteiger charge is -2.25. The summed E-state index contributed by atoms with van der Waals surface area (Å²) in [5.74, 6) is 2.29. The predicted molar refractivity (Wildman–Crippen MR) is 63.2 cm³/mol. The summed E-state index contributed by atoms with van der Waals surface area (Å²) in [7, 11) is 0. The summed E-state index contributed by atoms with van der Waals surface area (Å²) in [5, 5.41) is 0. The molecule has 1 aliphatic heterocycles. The Morgan fingerprint density at radius 2 is 1.69 bits per heavy atom. The van der Waals surface area contributed by atoms with Crippen molar-refractivity contribution in [1.29, 1.82) is 0 Å². The number of amides is 1. The largest absolute Gasteiger partial charge is 0.444 e. The fourth-order valence-electron chi connectivity index (χ4n) is 3.08. The molecule has 3 nitrogen and oxygen atoms in total. The van der Waals surface area contributed by atoms with Crippen LogP contribution in [0.2, 0.25) is 0 Å². The first-order chi connectivity index (χ1) is 7.35. The van der Waals surface area contributed by atoms with Gasteiger partial charge in [0.25, 0.3) is 0 Å². The molecule has 0 aromatic heterocycles. The maximum Gasteiger partial charge on any atom is 0.410 e. The molecule has 3 atom stereocenters. The minimum atomic E-state index is -0.373. The van der Waals surface area contributed by atoms with E-state index in [1.54, 1.807) is 0 Å². The predicted octanol–water partition coefficient (Wildman–Crippen LogP) is 2.90. The van der Waals surface area contributed by atoms with Crippen LogP contribution in [0.15, 0.2) is 0 Å². The van der Waals surface area contributed by atoms with Crippen LogP contribution in [0.25, 0.3) is 0 Å². The minimum Gasteiger partial charge on any atom is -0.444 e. The maximum absolute atomic E-state index is 11.9. The van der Waals surface area contributed by atoms with Crippen LogP contribution in [-0.4, -0.2) is 29.7 Å². The Kier molecular flexibility index (Phi) is 2.89. The van der Waals surface area contributed by atoms with Gasteiger partial charge in [0.1, 0.15) is 5.60 Å². The third-order valence-electron chi connectivity index (χ3n) is 3.64. The molecule has 0 aromatic carbocycles. The molecule has 0 aromatic rings. The van der Waals surface area contributed by atoms with Gasteiger partial charge in [-0.2, -0.15) is 0 Å². The van der Waals surface area contributed by atoms with E-state index in [2.05, 4.69) is 6.92 Å². The smallest absolute Gasteiger partial charge is 0.410 e. The standard InChI is InChI=1S/C13H23NO2/c1-9-5-10-7-14(8-11(10)6-9)12(15)16-13(2,3)4/h9-11H,5-8H2,1-4H3/t9?,10-,11+. The maximum atomic E-state index is 11.9. The van der Waals surface area contributed by atoms with Crippen LogP contribution in [0.3, 0.4) is 0 Å². The number of hydrogen-bond acceptors (Lipinski definition) is 2. The van der Waals surface area contributed by atoms with E-state index in [1.165, 1.54) is 12.8 Å². The second-order valence-electron chi connectivity index (χ2n) is 6.48. The molecule has 0 N–H and O–H groups in total. The molecule has 1 saturated carbocycles. The highest BCUT2D eigenvalue weighted by atomic mass is 16.6. The average molecular weight is 225 g/mol. The Morgan fingerprint density at radius 3 is 2.12 bits per heavy atom. The van der Waals surface area contributed by atoms with Crippen molar-refractivity contribution in [2.75, 3.05) is 13.1 Å². The van der Waals surface area contributed by atoms with Gasteiger partial charge in [-0.1, -0.05) is 6.92 Å². The summed E-state index contributed by atoms with van der Waals surface area (Å²) >= 11 is 0. The number of likely N-dealkylation sites (tertiary alicyclic amines) is 1. The van der Waals surface area contributed by atoms with Crippen LogP contribution in [0.5, 0.6) is 0 Å². The van der Waals surface area contributed by atoms with E-state index in [1.807, 2.05) is 25.7 Å². The number of carbonyl (C=O) groups is 1. The topological polar surface area (TPSA) is 29.5 Å². The SMILES string of the molecule is CC1C[C@@H]2CN(C(=O)OC(C)(C)C)C[C@@H]2C1. The van der Waals surface area contributed by atoms with Crippen LogP contribution < -0.4 is 0 Å². The number of ether oxygens (including phenoxy) is 1. The molecule has 1 unspecified atom stereocenters. The van der Waals surface area contributed by atoms with E-state index in [4.69, 9.17) is 4.74 Å². The van der Waals surface area contributed by atoms with Crippen molar-refractivity contribution in [3.05, 3.63) is 0 Å². The Labute approximate surface area is 98.1 Å². The van der Waals surface area contributed by atoms with Gasteiger partial charge >= 0.3 is 6.09 Å². The molecule has 2 fully saturated rings. The molecule has 2 rings (SSSR count). The van der Waals surface area contributed by atoms with E-state index in [-0.39, 0.29) is 11.7 Å². The Bertz CT molecular complexity index is 268. The van der Waals surface area contributed by atoms with E-state index in [9.17, 15) is 4.79 Å². The summed E-state index contributed by atoms with van der Waals surface area (Å²) in [6.45, 7) is 9.89. The quantitative estimate of drug-likeness (QED) is 0.634. The molecule has 0 spiro atoms. The van der Waals surface area contributed by atoms with E-state index < -0.39 is 0 Å². The summed E-state index contributed by atoms with van der Waals surface area (Å²) in [5.41, 5.74) is -0.373. The van der Waals surface area contributed by atoms with E-state index in [0.717, 1.165) is 30.8 Å². The summed E-state index contributed by atoms with van der Waals surface area (Å²) < 4.78 is 5.40. The second-order valence-corrected chi connectivity index (χ2v) is 6.48. The van der Waals surface area contributed by atoms with Gasteiger partial charge in [-0.05, 0) is 51.4 Å². The van der Waals surface area contributed by atoms with Gasteiger partial charge in [0.15, 0.2) is 0 Å². The Balaban J connectivity index is 1.88. The summed E-state index contributed by atoms with van der Waals surface area (Å²) in [6.07, 6.45) is 2.43. The molecule has 1 heterocycles. The van der Waals surface area contributed by atoms with Gasteiger partial charge in [-0.15, -0.1) is 0 Å². The molecular weight excluding hydrogens is 202 g/mol. The second kappa shape index (κ2) is 3.94. The molecule has 1 amide bonds. The number of rotatable bonds is 0. The molecule has 16 heavy (non-hydrogen) atoms. The van der Waals surface area contributed by atoms with Crippen molar-refractivity contribution in [2.24, 2.45) is 17.8 Å². The summed E-state index contributed by atoms with van der Waals surface area (Å²) in [6, 6.07) is 0. The highest BCUT2D eigenvalue weighted by Crippen LogP contribution is 2.41. The van der Waals surface area contributed by atoms with Gasteiger partial charge in [0, 0.05) is 13.1 Å². The van der Waals surface area contributed by atoms with Crippen LogP contribution in [0.1, 0.15) is 40.5 Å². The number of nitrogens with zero attached hydrogens (tertiary/aromatic N) is 1. The van der Waals surface area contributed by atoms with Gasteiger partial charge in [-0.3, -0.25) is 0 Å². The fourth-order valence-corrected chi connectivity index (χ4v) is 3.08. The highest BCUT2D eigenvalue weighted by Gasteiger charge is 2.41. The van der Waals surface area contributed by atoms with E-state index in [0.29, 0.717) is 0 Å². The zero-order chi connectivity index (χ0) is 11.9. The van der Waals surface area contributed by atoms with Crippen molar-refractivity contribution >= 4 is 6.09 Å². The van der Waals surface area contributed by atoms with Crippen molar-refractivity contribution < 1.29 is 9.53 Å². The molecule has 3 heteroatoms. The third kappa shape index (κ3) is 2.50. The summed E-state index contributed by atoms with van der Waals surface area (Å²) in [4.78, 5) is 13.8. The zero-order valence-electron chi connectivity index (χ0n) is 10.8. The molecule has 0 radical (unpaired) electrons. The minimum absolute atomic E-state index is 0.130. The first-order valence-electron chi connectivity index (χ1n) is 6.33. The molecule has 1 saturated heterocycles. The first kappa shape index (κ1) is 11.7. The number of hydrogen-bond donors (Lipinski definition) is 0. The number of fused-ring (bicyclic) bond motifs is 1. The van der Waals surface area contributed by atoms with Crippen molar-refractivity contribution in [1.82, 2.24) is 4.90 Å². The van der Waals surface area contributed by atoms with Crippen LogP contribution in [0, 0.1) is 17.8 Å². The van der Waals surface area contributed by atoms with Crippen LogP contribution in [0.4, 0.5) is 4.79 Å². The molecular formula is C13H23NO2. The Hall–Kier alpha value is -0.730. The molecule has 2 aliphatic rings. The van der Waals surface area contributed by atoms with Gasteiger partial charge in [0.2, 0.25) is 0 Å². The number of carbonyl (C=O) groups excluding carboxylic acids is 1. The van der Waals surface area contributed by atoms with Crippen molar-refractivity contribution in [3.63, 3.8) is 0 Å². The molecule has 1 aliphatic carbocycles. The fraction of sp³-hybridized carbons (Fsp3) is 0.923. The van der Waals surface area contributed by atoms with Crippen molar-refractivity contribution in [3.8, 4) is 0 Å².